The molecule has 0 spiro atoms. The van der Waals surface area contributed by atoms with Crippen molar-refractivity contribution in [3.8, 4) is 0 Å². The van der Waals surface area contributed by atoms with Crippen molar-refractivity contribution in [1.29, 1.82) is 0 Å². The average Bonchev–Trinajstić information content (AvgIpc) is 3.45. The van der Waals surface area contributed by atoms with E-state index in [4.69, 9.17) is 4.74 Å². The van der Waals surface area contributed by atoms with Gasteiger partial charge in [0.2, 0.25) is 5.91 Å². The highest BCUT2D eigenvalue weighted by molar-refractivity contribution is 7.92. The van der Waals surface area contributed by atoms with Crippen LogP contribution in [-0.4, -0.2) is 53.9 Å². The second kappa shape index (κ2) is 12.7. The number of allylic oxidation sites excluding steroid dienone is 1. The molecule has 2 aliphatic rings. The Morgan fingerprint density at radius 2 is 1.59 bits per heavy atom. The van der Waals surface area contributed by atoms with Crippen molar-refractivity contribution in [3.63, 3.8) is 0 Å². The van der Waals surface area contributed by atoms with E-state index < -0.39 is 45.4 Å². The molecule has 2 aromatic carbocycles. The quantitative estimate of drug-likeness (QED) is 0.135. The van der Waals surface area contributed by atoms with E-state index in [-0.39, 0.29) is 42.9 Å². The van der Waals surface area contributed by atoms with Gasteiger partial charge >= 0.3 is 24.0 Å². The molecule has 13 heteroatoms. The van der Waals surface area contributed by atoms with Crippen LogP contribution in [0.15, 0.2) is 66.1 Å². The lowest BCUT2D eigenvalue weighted by atomic mass is 9.81. The summed E-state index contributed by atoms with van der Waals surface area (Å²) in [6.45, 7) is 3.70. The molecule has 1 amide bonds. The van der Waals surface area contributed by atoms with Gasteiger partial charge in [0.1, 0.15) is 0 Å². The van der Waals surface area contributed by atoms with E-state index in [0.717, 1.165) is 17.7 Å². The number of benzene rings is 2. The van der Waals surface area contributed by atoms with Crippen molar-refractivity contribution in [2.45, 2.75) is 66.2 Å². The van der Waals surface area contributed by atoms with Crippen LogP contribution in [0.5, 0.6) is 0 Å². The third-order valence-corrected chi connectivity index (χ3v) is 10.6. The molecule has 1 aliphatic carbocycles. The summed E-state index contributed by atoms with van der Waals surface area (Å²) in [4.78, 5) is 27.3. The number of methoxy groups -OCH3 is 1. The molecule has 44 heavy (non-hydrogen) atoms. The van der Waals surface area contributed by atoms with E-state index >= 15 is 0 Å². The number of hydrogen-bond acceptors (Lipinski definition) is 4. The van der Waals surface area contributed by atoms with Gasteiger partial charge in [-0.3, -0.25) is 9.59 Å². The molecule has 2 atom stereocenters. The number of likely N-dealkylation sites (tertiary alicyclic amines) is 1. The Morgan fingerprint density at radius 1 is 1.00 bits per heavy atom. The molecule has 0 N–H and O–H groups in total. The summed E-state index contributed by atoms with van der Waals surface area (Å²) < 4.78 is 113. The number of rotatable bonds is 8. The van der Waals surface area contributed by atoms with Crippen LogP contribution < -0.4 is 0 Å². The van der Waals surface area contributed by atoms with Gasteiger partial charge in [-0.2, -0.15) is 26.3 Å². The summed E-state index contributed by atoms with van der Waals surface area (Å²) in [7, 11) is 1.29. The van der Waals surface area contributed by atoms with Gasteiger partial charge in [-0.1, -0.05) is 42.5 Å². The standard InChI is InChI=1S/C31H32F7NO4S/c1-3-5-20-6-4-7-25(18-20)44(42)28(23-12-14-24(15-13-23)29(32,30(33,34)35)31(36,37)38)16-17-39(19-28)26(40)21-8-10-22(11-9-21)27(41)43-2/h3-4,6-7,12-15,18,21-22H,1,5,8-11,16-17,19H2,2H3. The van der Waals surface area contributed by atoms with Gasteiger partial charge in [-0.05, 0) is 61.0 Å². The molecule has 2 aromatic rings. The van der Waals surface area contributed by atoms with Crippen LogP contribution in [0, 0.1) is 11.8 Å². The van der Waals surface area contributed by atoms with E-state index in [2.05, 4.69) is 6.58 Å². The Kier molecular flexibility index (Phi) is 9.80. The number of ether oxygens (including phenoxy) is 1. The molecular formula is C31H32F7NO4S. The second-order valence-corrected chi connectivity index (χ2v) is 13.0. The van der Waals surface area contributed by atoms with Crippen LogP contribution >= 0.6 is 0 Å². The number of halogens is 7. The lowest BCUT2D eigenvalue weighted by Gasteiger charge is -2.34. The molecule has 2 unspecified atom stereocenters. The van der Waals surface area contributed by atoms with Crippen molar-refractivity contribution in [2.75, 3.05) is 20.2 Å². The third kappa shape index (κ3) is 6.22. The van der Waals surface area contributed by atoms with Crippen molar-refractivity contribution < 1.29 is 49.6 Å². The van der Waals surface area contributed by atoms with Crippen molar-refractivity contribution in [3.05, 3.63) is 77.9 Å². The van der Waals surface area contributed by atoms with Crippen LogP contribution in [0.25, 0.3) is 0 Å². The van der Waals surface area contributed by atoms with E-state index in [1.165, 1.54) is 12.0 Å². The highest BCUT2D eigenvalue weighted by Crippen LogP contribution is 2.54. The largest absolute Gasteiger partial charge is 0.611 e. The SMILES string of the molecule is C=CCc1cccc([S+]([O-])C2(c3ccc(C(F)(C(F)(F)F)C(F)(F)F)cc3)CCN(C(=O)C3CCC(C(=O)OC)CC3)C2)c1. The molecule has 240 valence electrons. The normalized spacial score (nSPS) is 23.7. The summed E-state index contributed by atoms with van der Waals surface area (Å²) in [5.74, 6) is -1.31. The number of carbonyl (C=O) groups excluding carboxylic acids is 2. The van der Waals surface area contributed by atoms with Crippen molar-refractivity contribution >= 4 is 23.1 Å². The topological polar surface area (TPSA) is 69.7 Å². The van der Waals surface area contributed by atoms with Gasteiger partial charge in [0.25, 0.3) is 0 Å². The Morgan fingerprint density at radius 3 is 2.14 bits per heavy atom. The number of nitrogens with zero attached hydrogens (tertiary/aromatic N) is 1. The zero-order valence-corrected chi connectivity index (χ0v) is 24.7. The molecule has 1 aliphatic heterocycles. The molecule has 1 heterocycles. The summed E-state index contributed by atoms with van der Waals surface area (Å²) in [5, 5.41) is 0. The maximum atomic E-state index is 14.8. The van der Waals surface area contributed by atoms with Gasteiger partial charge in [-0.15, -0.1) is 6.58 Å². The van der Waals surface area contributed by atoms with Crippen molar-refractivity contribution in [1.82, 2.24) is 4.90 Å². The van der Waals surface area contributed by atoms with Gasteiger partial charge in [0, 0.05) is 30.0 Å². The smallest absolute Gasteiger partial charge is 0.435 e. The predicted octanol–water partition coefficient (Wildman–Crippen LogP) is 6.92. The van der Waals surface area contributed by atoms with Crippen LogP contribution in [-0.2, 0) is 42.3 Å². The van der Waals surface area contributed by atoms with E-state index in [9.17, 15) is 44.9 Å². The first-order valence-corrected chi connectivity index (χ1v) is 15.2. The molecule has 0 bridgehead atoms. The van der Waals surface area contributed by atoms with Crippen molar-refractivity contribution in [2.24, 2.45) is 11.8 Å². The fourth-order valence-corrected chi connectivity index (χ4v) is 7.95. The summed E-state index contributed by atoms with van der Waals surface area (Å²) in [6, 6.07) is 9.43. The summed E-state index contributed by atoms with van der Waals surface area (Å²) >= 11 is -1.93. The highest BCUT2D eigenvalue weighted by atomic mass is 32.2. The molecule has 0 radical (unpaired) electrons. The fraction of sp³-hybridized carbons (Fsp3) is 0.484. The minimum atomic E-state index is -6.28. The molecule has 4 rings (SSSR count). The number of esters is 1. The lowest BCUT2D eigenvalue weighted by molar-refractivity contribution is -0.348. The first-order chi connectivity index (χ1) is 20.6. The summed E-state index contributed by atoms with van der Waals surface area (Å²) in [6.07, 6.45) is -8.60. The number of amides is 1. The van der Waals surface area contributed by atoms with E-state index in [1.54, 1.807) is 30.3 Å². The third-order valence-electron chi connectivity index (χ3n) is 8.59. The van der Waals surface area contributed by atoms with Crippen LogP contribution in [0.1, 0.15) is 48.8 Å². The lowest BCUT2D eigenvalue weighted by Crippen LogP contribution is -2.50. The second-order valence-electron chi connectivity index (χ2n) is 11.2. The molecule has 0 aromatic heterocycles. The van der Waals surface area contributed by atoms with Crippen LogP contribution in [0.3, 0.4) is 0 Å². The van der Waals surface area contributed by atoms with E-state index in [0.29, 0.717) is 49.1 Å². The van der Waals surface area contributed by atoms with Gasteiger partial charge in [-0.25, -0.2) is 4.39 Å². The Labute approximate surface area is 253 Å². The Hall–Kier alpha value is -3.06. The maximum Gasteiger partial charge on any atom is 0.435 e. The first kappa shape index (κ1) is 33.8. The minimum absolute atomic E-state index is 0.0905. The minimum Gasteiger partial charge on any atom is -0.611 e. The summed E-state index contributed by atoms with van der Waals surface area (Å²) in [5.41, 5.74) is -6.36. The fourth-order valence-electron chi connectivity index (χ4n) is 6.14. The molecule has 1 saturated heterocycles. The monoisotopic (exact) mass is 647 g/mol. The van der Waals surface area contributed by atoms with Crippen LogP contribution in [0.4, 0.5) is 30.7 Å². The number of alkyl halides is 7. The maximum absolute atomic E-state index is 14.8. The highest BCUT2D eigenvalue weighted by Gasteiger charge is 2.73. The van der Waals surface area contributed by atoms with E-state index in [1.807, 2.05) is 0 Å². The molecule has 5 nitrogen and oxygen atoms in total. The van der Waals surface area contributed by atoms with Gasteiger partial charge in [0.05, 0.1) is 19.6 Å². The van der Waals surface area contributed by atoms with Crippen LogP contribution in [0.2, 0.25) is 0 Å². The number of hydrogen-bond donors (Lipinski definition) is 0. The molecular weight excluding hydrogens is 615 g/mol. The number of carbonyl (C=O) groups is 2. The first-order valence-electron chi connectivity index (χ1n) is 14.0. The van der Waals surface area contributed by atoms with Gasteiger partial charge in [0.15, 0.2) is 9.64 Å². The Bertz CT molecular complexity index is 1340. The average molecular weight is 648 g/mol. The zero-order valence-electron chi connectivity index (χ0n) is 23.8. The Balaban J connectivity index is 1.69. The molecule has 2 fully saturated rings. The zero-order chi connectivity index (χ0) is 32.5. The predicted molar refractivity (Wildman–Crippen MR) is 148 cm³/mol. The van der Waals surface area contributed by atoms with Gasteiger partial charge < -0.3 is 14.2 Å². The molecule has 1 saturated carbocycles.